The second kappa shape index (κ2) is 9.90. The third kappa shape index (κ3) is 5.35. The van der Waals surface area contributed by atoms with Crippen LogP contribution in [-0.2, 0) is 10.0 Å². The largest absolute Gasteiger partial charge is 0.367 e. The molecule has 1 atom stereocenters. The molecule has 10 heteroatoms. The van der Waals surface area contributed by atoms with Crippen molar-refractivity contribution in [1.82, 2.24) is 14.6 Å². The van der Waals surface area contributed by atoms with Crippen molar-refractivity contribution in [2.45, 2.75) is 10.9 Å². The normalized spacial score (nSPS) is 16.0. The van der Waals surface area contributed by atoms with Crippen LogP contribution in [0, 0.1) is 17.5 Å². The molecule has 4 rings (SSSR count). The third-order valence-corrected chi connectivity index (χ3v) is 7.11. The highest BCUT2D eigenvalue weighted by molar-refractivity contribution is 7.89. The molecule has 33 heavy (non-hydrogen) atoms. The molecule has 1 saturated heterocycles. The average molecular weight is 477 g/mol. The predicted octanol–water partition coefficient (Wildman–Crippen LogP) is 3.34. The molecule has 1 aliphatic rings. The SMILES string of the molecule is O=S(=O)(NC[C@@H](c1cccnc1)N1CCN(c2ccccc2F)CC1)c1cc(F)ccc1F. The summed E-state index contributed by atoms with van der Waals surface area (Å²) in [4.78, 5) is 7.40. The Balaban J connectivity index is 1.51. The zero-order valence-corrected chi connectivity index (χ0v) is 18.5. The van der Waals surface area contributed by atoms with Crippen molar-refractivity contribution in [2.75, 3.05) is 37.6 Å². The number of nitrogens with zero attached hydrogens (tertiary/aromatic N) is 3. The van der Waals surface area contributed by atoms with Crippen molar-refractivity contribution < 1.29 is 21.6 Å². The van der Waals surface area contributed by atoms with Gasteiger partial charge in [-0.3, -0.25) is 9.88 Å². The molecule has 0 radical (unpaired) electrons. The van der Waals surface area contributed by atoms with E-state index < -0.39 is 32.6 Å². The first-order chi connectivity index (χ1) is 15.8. The number of rotatable bonds is 7. The Morgan fingerprint density at radius 1 is 0.939 bits per heavy atom. The fraction of sp³-hybridized carbons (Fsp3) is 0.261. The van der Waals surface area contributed by atoms with Crippen LogP contribution in [0.5, 0.6) is 0 Å². The van der Waals surface area contributed by atoms with E-state index in [1.165, 1.54) is 6.07 Å². The van der Waals surface area contributed by atoms with Crippen molar-refractivity contribution in [3.63, 3.8) is 0 Å². The molecular formula is C23H23F3N4O2S. The fourth-order valence-electron chi connectivity index (χ4n) is 3.96. The number of hydrogen-bond donors (Lipinski definition) is 1. The number of nitrogens with one attached hydrogen (secondary N) is 1. The molecular weight excluding hydrogens is 453 g/mol. The second-order valence-electron chi connectivity index (χ2n) is 7.70. The number of anilines is 1. The number of hydrogen-bond acceptors (Lipinski definition) is 5. The maximum absolute atomic E-state index is 14.2. The number of piperazine rings is 1. The van der Waals surface area contributed by atoms with Gasteiger partial charge in [-0.05, 0) is 42.0 Å². The maximum atomic E-state index is 14.2. The topological polar surface area (TPSA) is 65.5 Å². The summed E-state index contributed by atoms with van der Waals surface area (Å²) >= 11 is 0. The molecule has 0 amide bonds. The van der Waals surface area contributed by atoms with E-state index in [0.717, 1.165) is 17.7 Å². The summed E-state index contributed by atoms with van der Waals surface area (Å²) in [7, 11) is -4.29. The molecule has 1 N–H and O–H groups in total. The maximum Gasteiger partial charge on any atom is 0.243 e. The summed E-state index contributed by atoms with van der Waals surface area (Å²) in [5.41, 5.74) is 1.30. The van der Waals surface area contributed by atoms with Crippen LogP contribution in [0.2, 0.25) is 0 Å². The first-order valence-electron chi connectivity index (χ1n) is 10.4. The van der Waals surface area contributed by atoms with Crippen LogP contribution in [0.3, 0.4) is 0 Å². The van der Waals surface area contributed by atoms with E-state index in [1.54, 1.807) is 36.7 Å². The van der Waals surface area contributed by atoms with Gasteiger partial charge < -0.3 is 4.90 Å². The van der Waals surface area contributed by atoms with Gasteiger partial charge in [-0.1, -0.05) is 18.2 Å². The summed E-state index contributed by atoms with van der Waals surface area (Å²) in [6, 6.07) is 12.1. The highest BCUT2D eigenvalue weighted by Crippen LogP contribution is 2.26. The number of halogens is 3. The number of aromatic nitrogens is 1. The molecule has 1 fully saturated rings. The number of benzene rings is 2. The lowest BCUT2D eigenvalue weighted by Gasteiger charge is -2.40. The Hall–Kier alpha value is -2.95. The van der Waals surface area contributed by atoms with Gasteiger partial charge in [0.1, 0.15) is 22.3 Å². The van der Waals surface area contributed by atoms with E-state index in [-0.39, 0.29) is 12.4 Å². The van der Waals surface area contributed by atoms with Crippen LogP contribution in [0.1, 0.15) is 11.6 Å². The molecule has 0 unspecified atom stereocenters. The number of pyridine rings is 1. The van der Waals surface area contributed by atoms with E-state index in [0.29, 0.717) is 37.9 Å². The summed E-state index contributed by atoms with van der Waals surface area (Å²) in [5.74, 6) is -2.16. The lowest BCUT2D eigenvalue weighted by Crippen LogP contribution is -2.50. The Morgan fingerprint density at radius 3 is 2.39 bits per heavy atom. The zero-order chi connectivity index (χ0) is 23.4. The molecule has 1 aliphatic heterocycles. The van der Waals surface area contributed by atoms with Gasteiger partial charge in [-0.15, -0.1) is 0 Å². The van der Waals surface area contributed by atoms with Crippen LogP contribution < -0.4 is 9.62 Å². The standard InChI is InChI=1S/C23H23F3N4O2S/c24-18-7-8-20(26)23(14-18)33(31,32)28-16-22(17-4-3-9-27-15-17)30-12-10-29(11-13-30)21-6-2-1-5-19(21)25/h1-9,14-15,22,28H,10-13,16H2/t22-/m0/s1. The lowest BCUT2D eigenvalue weighted by atomic mass is 10.1. The average Bonchev–Trinajstić information content (AvgIpc) is 2.82. The van der Waals surface area contributed by atoms with Gasteiger partial charge in [-0.25, -0.2) is 26.3 Å². The summed E-state index contributed by atoms with van der Waals surface area (Å²) < 4.78 is 69.6. The van der Waals surface area contributed by atoms with Crippen molar-refractivity contribution in [3.05, 3.63) is 90.0 Å². The highest BCUT2D eigenvalue weighted by atomic mass is 32.2. The van der Waals surface area contributed by atoms with Gasteiger partial charge in [0.2, 0.25) is 10.0 Å². The van der Waals surface area contributed by atoms with Crippen LogP contribution in [0.25, 0.3) is 0 Å². The number of sulfonamides is 1. The van der Waals surface area contributed by atoms with Crippen LogP contribution >= 0.6 is 0 Å². The van der Waals surface area contributed by atoms with E-state index in [2.05, 4.69) is 14.6 Å². The van der Waals surface area contributed by atoms with E-state index >= 15 is 0 Å². The van der Waals surface area contributed by atoms with Crippen LogP contribution in [-0.4, -0.2) is 51.0 Å². The van der Waals surface area contributed by atoms with Crippen molar-refractivity contribution >= 4 is 15.7 Å². The van der Waals surface area contributed by atoms with Gasteiger partial charge in [0.15, 0.2) is 0 Å². The van der Waals surface area contributed by atoms with Crippen molar-refractivity contribution in [3.8, 4) is 0 Å². The molecule has 0 aliphatic carbocycles. The molecule has 0 saturated carbocycles. The summed E-state index contributed by atoms with van der Waals surface area (Å²) in [6.07, 6.45) is 3.26. The van der Waals surface area contributed by atoms with E-state index in [1.807, 2.05) is 11.0 Å². The minimum atomic E-state index is -4.29. The minimum absolute atomic E-state index is 0.0658. The molecule has 1 aromatic heterocycles. The van der Waals surface area contributed by atoms with Gasteiger partial charge in [-0.2, -0.15) is 0 Å². The van der Waals surface area contributed by atoms with Gasteiger partial charge in [0, 0.05) is 45.1 Å². The summed E-state index contributed by atoms with van der Waals surface area (Å²) in [6.45, 7) is 2.11. The zero-order valence-electron chi connectivity index (χ0n) is 17.7. The molecule has 6 nitrogen and oxygen atoms in total. The lowest BCUT2D eigenvalue weighted by molar-refractivity contribution is 0.186. The molecule has 2 heterocycles. The van der Waals surface area contributed by atoms with Crippen LogP contribution in [0.4, 0.5) is 18.9 Å². The van der Waals surface area contributed by atoms with Crippen LogP contribution in [0.15, 0.2) is 71.9 Å². The third-order valence-electron chi connectivity index (χ3n) is 5.67. The van der Waals surface area contributed by atoms with E-state index in [4.69, 9.17) is 0 Å². The highest BCUT2D eigenvalue weighted by Gasteiger charge is 2.28. The Morgan fingerprint density at radius 2 is 1.70 bits per heavy atom. The van der Waals surface area contributed by atoms with Crippen molar-refractivity contribution in [1.29, 1.82) is 0 Å². The quantitative estimate of drug-likeness (QED) is 0.567. The fourth-order valence-corrected chi connectivity index (χ4v) is 5.09. The van der Waals surface area contributed by atoms with Gasteiger partial charge in [0.05, 0.1) is 11.7 Å². The minimum Gasteiger partial charge on any atom is -0.367 e. The van der Waals surface area contributed by atoms with Crippen molar-refractivity contribution in [2.24, 2.45) is 0 Å². The number of para-hydroxylation sites is 1. The van der Waals surface area contributed by atoms with E-state index in [9.17, 15) is 21.6 Å². The second-order valence-corrected chi connectivity index (χ2v) is 9.44. The molecule has 3 aromatic rings. The molecule has 0 bridgehead atoms. The molecule has 174 valence electrons. The monoisotopic (exact) mass is 476 g/mol. The van der Waals surface area contributed by atoms with Gasteiger partial charge >= 0.3 is 0 Å². The first-order valence-corrected chi connectivity index (χ1v) is 11.9. The first kappa shape index (κ1) is 23.2. The molecule has 2 aromatic carbocycles. The Labute approximate surface area is 190 Å². The summed E-state index contributed by atoms with van der Waals surface area (Å²) in [5, 5.41) is 0. The predicted molar refractivity (Wildman–Crippen MR) is 119 cm³/mol. The molecule has 0 spiro atoms. The Kier molecular flexibility index (Phi) is 6.96. The van der Waals surface area contributed by atoms with Gasteiger partial charge in [0.25, 0.3) is 0 Å². The Bertz CT molecular complexity index is 1200. The smallest absolute Gasteiger partial charge is 0.243 e.